The molecule has 0 saturated carbocycles. The molecule has 1 heterocycles. The summed E-state index contributed by atoms with van der Waals surface area (Å²) in [5, 5.41) is 9.98. The van der Waals surface area contributed by atoms with Gasteiger partial charge < -0.3 is 16.0 Å². The highest BCUT2D eigenvalue weighted by molar-refractivity contribution is 4.56. The van der Waals surface area contributed by atoms with Crippen molar-refractivity contribution in [2.75, 3.05) is 32.8 Å². The summed E-state index contributed by atoms with van der Waals surface area (Å²) in [7, 11) is 0. The van der Waals surface area contributed by atoms with Crippen LogP contribution in [0, 0.1) is 0 Å². The van der Waals surface area contributed by atoms with Gasteiger partial charge in [0.2, 0.25) is 0 Å². The normalized spacial score (nSPS) is 24.0. The second-order valence-electron chi connectivity index (χ2n) is 2.63. The quantitative estimate of drug-likeness (QED) is 0.428. The van der Waals surface area contributed by atoms with Crippen molar-refractivity contribution < 1.29 is 0 Å². The van der Waals surface area contributed by atoms with Crippen LogP contribution in [0.1, 0.15) is 12.8 Å². The number of hydrogen-bond acceptors (Lipinski definition) is 3. The summed E-state index contributed by atoms with van der Waals surface area (Å²) >= 11 is 0. The third kappa shape index (κ3) is 3.82. The Hall–Kier alpha value is -0.120. The molecule has 0 aromatic rings. The molecule has 3 heteroatoms. The average Bonchev–Trinajstić information content (AvgIpc) is 2.01. The average molecular weight is 143 g/mol. The molecule has 10 heavy (non-hydrogen) atoms. The van der Waals surface area contributed by atoms with Crippen molar-refractivity contribution in [1.29, 1.82) is 0 Å². The lowest BCUT2D eigenvalue weighted by Crippen LogP contribution is -2.34. The summed E-state index contributed by atoms with van der Waals surface area (Å²) in [5.41, 5.74) is 0. The zero-order chi connectivity index (χ0) is 7.07. The third-order valence-corrected chi connectivity index (χ3v) is 1.66. The van der Waals surface area contributed by atoms with Gasteiger partial charge in [-0.3, -0.25) is 0 Å². The Morgan fingerprint density at radius 2 is 1.10 bits per heavy atom. The van der Waals surface area contributed by atoms with Gasteiger partial charge in [-0.05, 0) is 39.0 Å². The van der Waals surface area contributed by atoms with Gasteiger partial charge in [-0.15, -0.1) is 0 Å². The molecule has 0 aliphatic carbocycles. The van der Waals surface area contributed by atoms with Crippen LogP contribution in [-0.2, 0) is 0 Å². The maximum atomic E-state index is 3.38. The fourth-order valence-electron chi connectivity index (χ4n) is 1.07. The highest BCUT2D eigenvalue weighted by Crippen LogP contribution is 1.78. The molecule has 1 rings (SSSR count). The molecule has 1 aliphatic rings. The lowest BCUT2D eigenvalue weighted by atomic mass is 10.3. The van der Waals surface area contributed by atoms with Gasteiger partial charge in [-0.2, -0.15) is 0 Å². The molecule has 0 unspecified atom stereocenters. The first-order valence-electron chi connectivity index (χ1n) is 4.12. The van der Waals surface area contributed by atoms with Crippen LogP contribution in [0.15, 0.2) is 0 Å². The van der Waals surface area contributed by atoms with E-state index in [0.717, 1.165) is 32.8 Å². The summed E-state index contributed by atoms with van der Waals surface area (Å²) in [6.07, 6.45) is 2.48. The van der Waals surface area contributed by atoms with Crippen molar-refractivity contribution in [2.45, 2.75) is 12.8 Å². The SMILES string of the molecule is C1CNCCCNCNC1. The number of nitrogens with one attached hydrogen (secondary N) is 3. The molecule has 0 aromatic heterocycles. The molecule has 0 spiro atoms. The van der Waals surface area contributed by atoms with Crippen molar-refractivity contribution in [2.24, 2.45) is 0 Å². The smallest absolute Gasteiger partial charge is 0.0454 e. The highest BCUT2D eigenvalue weighted by atomic mass is 15.1. The lowest BCUT2D eigenvalue weighted by Gasteiger charge is -2.10. The predicted octanol–water partition coefficient (Wildman–Crippen LogP) is -0.493. The molecule has 0 radical (unpaired) electrons. The van der Waals surface area contributed by atoms with Crippen molar-refractivity contribution in [3.8, 4) is 0 Å². The number of rotatable bonds is 0. The van der Waals surface area contributed by atoms with Crippen LogP contribution >= 0.6 is 0 Å². The Morgan fingerprint density at radius 3 is 1.70 bits per heavy atom. The van der Waals surface area contributed by atoms with E-state index in [-0.39, 0.29) is 0 Å². The first-order valence-corrected chi connectivity index (χ1v) is 4.12. The van der Waals surface area contributed by atoms with Crippen LogP contribution in [0.2, 0.25) is 0 Å². The Kier molecular flexibility index (Phi) is 4.51. The van der Waals surface area contributed by atoms with E-state index < -0.39 is 0 Å². The molecule has 1 aliphatic heterocycles. The second-order valence-corrected chi connectivity index (χ2v) is 2.63. The fraction of sp³-hybridized carbons (Fsp3) is 1.00. The first kappa shape index (κ1) is 7.98. The largest absolute Gasteiger partial charge is 0.317 e. The van der Waals surface area contributed by atoms with Crippen LogP contribution in [0.3, 0.4) is 0 Å². The van der Waals surface area contributed by atoms with Gasteiger partial charge in [-0.1, -0.05) is 0 Å². The summed E-state index contributed by atoms with van der Waals surface area (Å²) < 4.78 is 0. The van der Waals surface area contributed by atoms with Crippen molar-refractivity contribution in [3.63, 3.8) is 0 Å². The Morgan fingerprint density at radius 1 is 0.600 bits per heavy atom. The Balaban J connectivity index is 2.00. The van der Waals surface area contributed by atoms with Gasteiger partial charge in [-0.25, -0.2) is 0 Å². The number of hydrogen-bond donors (Lipinski definition) is 3. The van der Waals surface area contributed by atoms with E-state index in [4.69, 9.17) is 0 Å². The van der Waals surface area contributed by atoms with E-state index in [1.54, 1.807) is 0 Å². The minimum Gasteiger partial charge on any atom is -0.317 e. The summed E-state index contributed by atoms with van der Waals surface area (Å²) in [6, 6.07) is 0. The van der Waals surface area contributed by atoms with Crippen molar-refractivity contribution in [1.82, 2.24) is 16.0 Å². The molecular weight excluding hydrogens is 126 g/mol. The van der Waals surface area contributed by atoms with Gasteiger partial charge in [0.25, 0.3) is 0 Å². The molecule has 0 bridgehead atoms. The monoisotopic (exact) mass is 143 g/mol. The Labute approximate surface area is 62.6 Å². The van der Waals surface area contributed by atoms with Crippen molar-refractivity contribution >= 4 is 0 Å². The maximum absolute atomic E-state index is 3.38. The zero-order valence-electron chi connectivity index (χ0n) is 6.45. The van der Waals surface area contributed by atoms with Gasteiger partial charge in [0.05, 0.1) is 0 Å². The van der Waals surface area contributed by atoms with E-state index in [1.807, 2.05) is 0 Å². The Bertz CT molecular complexity index is 42.0. The van der Waals surface area contributed by atoms with E-state index in [1.165, 1.54) is 12.8 Å². The van der Waals surface area contributed by atoms with E-state index >= 15 is 0 Å². The molecule has 0 aromatic carbocycles. The topological polar surface area (TPSA) is 36.1 Å². The zero-order valence-corrected chi connectivity index (χ0v) is 6.45. The van der Waals surface area contributed by atoms with Crippen LogP contribution in [0.4, 0.5) is 0 Å². The molecule has 3 N–H and O–H groups in total. The lowest BCUT2D eigenvalue weighted by molar-refractivity contribution is 0.507. The van der Waals surface area contributed by atoms with E-state index in [9.17, 15) is 0 Å². The third-order valence-electron chi connectivity index (χ3n) is 1.66. The molecule has 3 nitrogen and oxygen atoms in total. The van der Waals surface area contributed by atoms with Crippen LogP contribution in [-0.4, -0.2) is 32.8 Å². The second kappa shape index (κ2) is 5.65. The molecular formula is C7H17N3. The van der Waals surface area contributed by atoms with Gasteiger partial charge in [0.1, 0.15) is 0 Å². The summed E-state index contributed by atoms with van der Waals surface area (Å²) in [4.78, 5) is 0. The molecule has 0 amide bonds. The van der Waals surface area contributed by atoms with Gasteiger partial charge >= 0.3 is 0 Å². The predicted molar refractivity (Wildman–Crippen MR) is 43.0 cm³/mol. The van der Waals surface area contributed by atoms with Crippen LogP contribution < -0.4 is 16.0 Å². The maximum Gasteiger partial charge on any atom is 0.0454 e. The minimum atomic E-state index is 0.972. The van der Waals surface area contributed by atoms with Gasteiger partial charge in [0, 0.05) is 6.67 Å². The van der Waals surface area contributed by atoms with Crippen LogP contribution in [0.5, 0.6) is 0 Å². The summed E-state index contributed by atoms with van der Waals surface area (Å²) in [6.45, 7) is 5.54. The summed E-state index contributed by atoms with van der Waals surface area (Å²) in [5.74, 6) is 0. The molecule has 1 fully saturated rings. The minimum absolute atomic E-state index is 0.972. The van der Waals surface area contributed by atoms with E-state index in [2.05, 4.69) is 16.0 Å². The molecule has 0 atom stereocenters. The van der Waals surface area contributed by atoms with E-state index in [0.29, 0.717) is 0 Å². The molecule has 60 valence electrons. The highest BCUT2D eigenvalue weighted by Gasteiger charge is 1.92. The van der Waals surface area contributed by atoms with Crippen LogP contribution in [0.25, 0.3) is 0 Å². The van der Waals surface area contributed by atoms with Gasteiger partial charge in [0.15, 0.2) is 0 Å². The fourth-order valence-corrected chi connectivity index (χ4v) is 1.07. The molecule has 1 saturated heterocycles. The standard InChI is InChI=1S/C7H17N3/c1-3-8-4-2-6-10-7-9-5-1/h8-10H,1-7H2. The first-order chi connectivity index (χ1) is 5.00. The van der Waals surface area contributed by atoms with Crippen molar-refractivity contribution in [3.05, 3.63) is 0 Å².